The Hall–Kier alpha value is -2.96. The van der Waals surface area contributed by atoms with Gasteiger partial charge in [0, 0.05) is 34.8 Å². The molecule has 1 saturated heterocycles. The molecule has 0 amide bonds. The summed E-state index contributed by atoms with van der Waals surface area (Å²) in [5.74, 6) is 0. The van der Waals surface area contributed by atoms with Crippen molar-refractivity contribution in [3.63, 3.8) is 0 Å². The third kappa shape index (κ3) is 4.01. The van der Waals surface area contributed by atoms with Gasteiger partial charge in [0.2, 0.25) is 0 Å². The van der Waals surface area contributed by atoms with Crippen LogP contribution in [0.2, 0.25) is 0 Å². The van der Waals surface area contributed by atoms with Crippen LogP contribution in [0.3, 0.4) is 0 Å². The lowest BCUT2D eigenvalue weighted by molar-refractivity contribution is 0.302. The lowest BCUT2D eigenvalue weighted by Crippen LogP contribution is -2.30. The standard InChI is InChI=1S/C25H21BrN4S/c26-19-11-13-20(14-12-19)29-16-6-10-22(29)24-23(21-9-4-5-15-27-21)28-25(31)30(24)17-18-7-2-1-3-8-18/h1-16,23-24H,17H2,(H,28,31)/t23-,24-/m1/s1. The van der Waals surface area contributed by atoms with Crippen LogP contribution in [0.25, 0.3) is 5.69 Å². The quantitative estimate of drug-likeness (QED) is 0.359. The molecule has 1 aliphatic heterocycles. The third-order valence-corrected chi connectivity index (χ3v) is 6.46. The molecule has 31 heavy (non-hydrogen) atoms. The lowest BCUT2D eigenvalue weighted by atomic mass is 10.0. The molecule has 5 rings (SSSR count). The van der Waals surface area contributed by atoms with Gasteiger partial charge in [0.05, 0.1) is 17.8 Å². The lowest BCUT2D eigenvalue weighted by Gasteiger charge is -2.29. The minimum atomic E-state index is -0.0403. The first-order valence-electron chi connectivity index (χ1n) is 10.2. The zero-order valence-corrected chi connectivity index (χ0v) is 19.1. The fourth-order valence-electron chi connectivity index (χ4n) is 4.15. The summed E-state index contributed by atoms with van der Waals surface area (Å²) in [5, 5.41) is 4.28. The molecule has 4 nitrogen and oxygen atoms in total. The van der Waals surface area contributed by atoms with Gasteiger partial charge < -0.3 is 14.8 Å². The molecule has 2 aromatic carbocycles. The molecule has 1 fully saturated rings. The molecule has 154 valence electrons. The van der Waals surface area contributed by atoms with Crippen molar-refractivity contribution in [1.29, 1.82) is 0 Å². The maximum atomic E-state index is 5.82. The molecule has 3 heterocycles. The van der Waals surface area contributed by atoms with Crippen LogP contribution >= 0.6 is 28.1 Å². The van der Waals surface area contributed by atoms with Crippen molar-refractivity contribution >= 4 is 33.3 Å². The molecular formula is C25H21BrN4S. The van der Waals surface area contributed by atoms with Crippen molar-refractivity contribution in [3.05, 3.63) is 119 Å². The van der Waals surface area contributed by atoms with Crippen molar-refractivity contribution in [2.24, 2.45) is 0 Å². The second-order valence-electron chi connectivity index (χ2n) is 7.52. The van der Waals surface area contributed by atoms with Crippen molar-refractivity contribution < 1.29 is 0 Å². The van der Waals surface area contributed by atoms with Gasteiger partial charge >= 0.3 is 0 Å². The van der Waals surface area contributed by atoms with E-state index in [2.05, 4.69) is 109 Å². The fourth-order valence-corrected chi connectivity index (χ4v) is 4.72. The van der Waals surface area contributed by atoms with E-state index in [1.807, 2.05) is 24.4 Å². The number of thiocarbonyl (C=S) groups is 1. The average Bonchev–Trinajstić information content (AvgIpc) is 3.40. The second kappa shape index (κ2) is 8.65. The van der Waals surface area contributed by atoms with E-state index >= 15 is 0 Å². The summed E-state index contributed by atoms with van der Waals surface area (Å²) in [5.41, 5.74) is 4.48. The van der Waals surface area contributed by atoms with Gasteiger partial charge in [-0.2, -0.15) is 0 Å². The maximum Gasteiger partial charge on any atom is 0.170 e. The summed E-state index contributed by atoms with van der Waals surface area (Å²) in [6.45, 7) is 0.728. The number of pyridine rings is 1. The van der Waals surface area contributed by atoms with Crippen LogP contribution in [0.5, 0.6) is 0 Å². The Kier molecular flexibility index (Phi) is 5.57. The molecule has 0 bridgehead atoms. The first-order chi connectivity index (χ1) is 15.2. The van der Waals surface area contributed by atoms with Gasteiger partial charge in [-0.1, -0.05) is 52.3 Å². The number of halogens is 1. The van der Waals surface area contributed by atoms with E-state index in [0.29, 0.717) is 0 Å². The van der Waals surface area contributed by atoms with Crippen LogP contribution in [-0.2, 0) is 6.54 Å². The highest BCUT2D eigenvalue weighted by Crippen LogP contribution is 2.40. The van der Waals surface area contributed by atoms with Gasteiger partial charge in [0.25, 0.3) is 0 Å². The minimum Gasteiger partial charge on any atom is -0.352 e. The van der Waals surface area contributed by atoms with Crippen LogP contribution < -0.4 is 5.32 Å². The minimum absolute atomic E-state index is 0.00116. The Morgan fingerprint density at radius 3 is 2.42 bits per heavy atom. The maximum absolute atomic E-state index is 5.82. The van der Waals surface area contributed by atoms with Crippen LogP contribution in [0, 0.1) is 0 Å². The van der Waals surface area contributed by atoms with E-state index in [-0.39, 0.29) is 12.1 Å². The number of nitrogens with one attached hydrogen (secondary N) is 1. The number of rotatable bonds is 5. The third-order valence-electron chi connectivity index (χ3n) is 5.58. The molecule has 4 aromatic rings. The molecule has 6 heteroatoms. The van der Waals surface area contributed by atoms with Crippen molar-refractivity contribution in [1.82, 2.24) is 19.8 Å². The molecule has 0 spiro atoms. The largest absolute Gasteiger partial charge is 0.352 e. The van der Waals surface area contributed by atoms with Crippen LogP contribution in [-0.4, -0.2) is 19.6 Å². The molecule has 2 aromatic heterocycles. The predicted octanol–water partition coefficient (Wildman–Crippen LogP) is 5.81. The van der Waals surface area contributed by atoms with E-state index in [0.717, 1.165) is 27.5 Å². The summed E-state index contributed by atoms with van der Waals surface area (Å²) in [4.78, 5) is 6.92. The topological polar surface area (TPSA) is 33.1 Å². The van der Waals surface area contributed by atoms with Crippen LogP contribution in [0.15, 0.2) is 102 Å². The van der Waals surface area contributed by atoms with Crippen molar-refractivity contribution in [2.75, 3.05) is 0 Å². The first kappa shape index (κ1) is 20.0. The van der Waals surface area contributed by atoms with E-state index < -0.39 is 0 Å². The van der Waals surface area contributed by atoms with E-state index in [4.69, 9.17) is 12.2 Å². The van der Waals surface area contributed by atoms with Gasteiger partial charge in [-0.25, -0.2) is 0 Å². The van der Waals surface area contributed by atoms with Crippen LogP contribution in [0.4, 0.5) is 0 Å². The molecule has 0 unspecified atom stereocenters. The zero-order valence-electron chi connectivity index (χ0n) is 16.7. The number of benzene rings is 2. The van der Waals surface area contributed by atoms with E-state index in [1.54, 1.807) is 0 Å². The number of aromatic nitrogens is 2. The van der Waals surface area contributed by atoms with Gasteiger partial charge in [0.1, 0.15) is 0 Å². The Balaban J connectivity index is 1.60. The molecule has 1 aliphatic rings. The van der Waals surface area contributed by atoms with Gasteiger partial charge in [0.15, 0.2) is 5.11 Å². The highest BCUT2D eigenvalue weighted by molar-refractivity contribution is 9.10. The van der Waals surface area contributed by atoms with Gasteiger partial charge in [-0.05, 0) is 66.3 Å². The summed E-state index contributed by atoms with van der Waals surface area (Å²) in [7, 11) is 0. The van der Waals surface area contributed by atoms with Crippen molar-refractivity contribution in [2.45, 2.75) is 18.6 Å². The molecule has 0 aliphatic carbocycles. The monoisotopic (exact) mass is 488 g/mol. The number of hydrogen-bond donors (Lipinski definition) is 1. The SMILES string of the molecule is S=C1N[C@H](c2ccccn2)[C@@H](c2cccn2-c2ccc(Br)cc2)N1Cc1ccccc1. The summed E-state index contributed by atoms with van der Waals surface area (Å²) in [6.07, 6.45) is 3.95. The highest BCUT2D eigenvalue weighted by Gasteiger charge is 2.41. The zero-order chi connectivity index (χ0) is 21.2. The molecule has 0 radical (unpaired) electrons. The van der Waals surface area contributed by atoms with Gasteiger partial charge in [-0.3, -0.25) is 4.98 Å². The summed E-state index contributed by atoms with van der Waals surface area (Å²) >= 11 is 9.35. The van der Waals surface area contributed by atoms with Gasteiger partial charge in [-0.15, -0.1) is 0 Å². The number of nitrogens with zero attached hydrogens (tertiary/aromatic N) is 3. The Labute approximate surface area is 195 Å². The molecule has 2 atom stereocenters. The van der Waals surface area contributed by atoms with Crippen molar-refractivity contribution in [3.8, 4) is 5.69 Å². The number of hydrogen-bond acceptors (Lipinski definition) is 2. The highest BCUT2D eigenvalue weighted by atomic mass is 79.9. The fraction of sp³-hybridized carbons (Fsp3) is 0.120. The Bertz CT molecular complexity index is 1180. The second-order valence-corrected chi connectivity index (χ2v) is 8.82. The smallest absolute Gasteiger partial charge is 0.170 e. The van der Waals surface area contributed by atoms with E-state index in [9.17, 15) is 0 Å². The Morgan fingerprint density at radius 2 is 1.68 bits per heavy atom. The summed E-state index contributed by atoms with van der Waals surface area (Å²) in [6, 6.07) is 29.1. The van der Waals surface area contributed by atoms with Crippen LogP contribution in [0.1, 0.15) is 29.0 Å². The molecule has 1 N–H and O–H groups in total. The van der Waals surface area contributed by atoms with E-state index in [1.165, 1.54) is 11.3 Å². The molecular weight excluding hydrogens is 468 g/mol. The Morgan fingerprint density at radius 1 is 0.903 bits per heavy atom. The normalized spacial score (nSPS) is 18.2. The first-order valence-corrected chi connectivity index (χ1v) is 11.4. The average molecular weight is 489 g/mol. The summed E-state index contributed by atoms with van der Waals surface area (Å²) < 4.78 is 3.30. The molecule has 0 saturated carbocycles. The predicted molar refractivity (Wildman–Crippen MR) is 131 cm³/mol.